The number of nitrogens with zero attached hydrogens (tertiary/aromatic N) is 4. The van der Waals surface area contributed by atoms with E-state index >= 15 is 0 Å². The van der Waals surface area contributed by atoms with Gasteiger partial charge in [-0.25, -0.2) is 4.39 Å². The summed E-state index contributed by atoms with van der Waals surface area (Å²) in [5.74, 6) is 0.835. The summed E-state index contributed by atoms with van der Waals surface area (Å²) in [5.41, 5.74) is 0.699. The minimum absolute atomic E-state index is 0. The molecule has 2 aliphatic heterocycles. The maximum absolute atomic E-state index is 14.0. The molecular formula is C20H33FIN5O. The zero-order chi connectivity index (χ0) is 18.9. The van der Waals surface area contributed by atoms with Crippen molar-refractivity contribution in [2.24, 2.45) is 4.99 Å². The molecule has 3 rings (SSSR count). The van der Waals surface area contributed by atoms with E-state index in [9.17, 15) is 4.39 Å². The monoisotopic (exact) mass is 505 g/mol. The number of ether oxygens (including phenoxy) is 1. The van der Waals surface area contributed by atoms with Gasteiger partial charge in [0.25, 0.3) is 0 Å². The van der Waals surface area contributed by atoms with Gasteiger partial charge in [0.15, 0.2) is 5.96 Å². The van der Waals surface area contributed by atoms with Crippen molar-refractivity contribution < 1.29 is 9.13 Å². The molecule has 2 fully saturated rings. The Hall–Kier alpha value is -1.13. The van der Waals surface area contributed by atoms with E-state index in [2.05, 4.69) is 26.9 Å². The predicted molar refractivity (Wildman–Crippen MR) is 123 cm³/mol. The first-order chi connectivity index (χ1) is 13.3. The lowest BCUT2D eigenvalue weighted by atomic mass is 10.2. The lowest BCUT2D eigenvalue weighted by Crippen LogP contribution is -2.52. The number of morpholine rings is 1. The fourth-order valence-corrected chi connectivity index (χ4v) is 3.60. The molecule has 2 heterocycles. The molecule has 0 amide bonds. The maximum atomic E-state index is 14.0. The second-order valence-corrected chi connectivity index (χ2v) is 6.97. The highest BCUT2D eigenvalue weighted by atomic mass is 127. The van der Waals surface area contributed by atoms with Crippen LogP contribution in [0.2, 0.25) is 0 Å². The molecular weight excluding hydrogens is 472 g/mol. The predicted octanol–water partition coefficient (Wildman–Crippen LogP) is 2.25. The molecule has 0 aliphatic carbocycles. The third-order valence-corrected chi connectivity index (χ3v) is 5.10. The van der Waals surface area contributed by atoms with Gasteiger partial charge in [-0.1, -0.05) is 12.1 Å². The van der Waals surface area contributed by atoms with E-state index in [0.29, 0.717) is 5.69 Å². The Morgan fingerprint density at radius 3 is 2.50 bits per heavy atom. The largest absolute Gasteiger partial charge is 0.379 e. The number of rotatable bonds is 6. The van der Waals surface area contributed by atoms with Gasteiger partial charge in [0.2, 0.25) is 0 Å². The molecule has 0 aromatic heterocycles. The van der Waals surface area contributed by atoms with Crippen molar-refractivity contribution in [2.75, 3.05) is 77.0 Å². The quantitative estimate of drug-likeness (QED) is 0.278. The normalized spacial score (nSPS) is 18.7. The number of hydrogen-bond acceptors (Lipinski definition) is 4. The first-order valence-electron chi connectivity index (χ1n) is 10.1. The molecule has 0 bridgehead atoms. The average Bonchev–Trinajstić information content (AvgIpc) is 2.72. The van der Waals surface area contributed by atoms with Gasteiger partial charge < -0.3 is 19.9 Å². The lowest BCUT2D eigenvalue weighted by molar-refractivity contribution is 0.0377. The maximum Gasteiger partial charge on any atom is 0.194 e. The molecule has 0 saturated carbocycles. The summed E-state index contributed by atoms with van der Waals surface area (Å²) < 4.78 is 19.4. The standard InChI is InChI=1S/C20H32FN5O.HI/c1-2-22-20(23-8-5-9-24-14-16-27-17-15-24)26-12-10-25(11-13-26)19-7-4-3-6-18(19)21;/h3-4,6-7H,2,5,8-17H2,1H3,(H,22,23);1H. The molecule has 0 spiro atoms. The van der Waals surface area contributed by atoms with Crippen LogP contribution in [0.3, 0.4) is 0 Å². The third-order valence-electron chi connectivity index (χ3n) is 5.10. The molecule has 2 saturated heterocycles. The molecule has 6 nitrogen and oxygen atoms in total. The molecule has 0 unspecified atom stereocenters. The summed E-state index contributed by atoms with van der Waals surface area (Å²) in [7, 11) is 0. The van der Waals surface area contributed by atoms with E-state index in [1.165, 1.54) is 6.07 Å². The van der Waals surface area contributed by atoms with Crippen molar-refractivity contribution in [3.8, 4) is 0 Å². The van der Waals surface area contributed by atoms with Crippen LogP contribution in [0.1, 0.15) is 13.3 Å². The minimum atomic E-state index is -0.144. The second-order valence-electron chi connectivity index (χ2n) is 6.97. The van der Waals surface area contributed by atoms with Crippen molar-refractivity contribution in [3.63, 3.8) is 0 Å². The molecule has 0 atom stereocenters. The topological polar surface area (TPSA) is 43.3 Å². The van der Waals surface area contributed by atoms with Crippen molar-refractivity contribution in [1.29, 1.82) is 0 Å². The summed E-state index contributed by atoms with van der Waals surface area (Å²) in [4.78, 5) is 11.7. The van der Waals surface area contributed by atoms with Gasteiger partial charge in [-0.3, -0.25) is 9.89 Å². The Morgan fingerprint density at radius 2 is 1.82 bits per heavy atom. The van der Waals surface area contributed by atoms with E-state index in [-0.39, 0.29) is 29.8 Å². The number of para-hydroxylation sites is 1. The molecule has 0 radical (unpaired) electrons. The van der Waals surface area contributed by atoms with E-state index in [0.717, 1.165) is 84.5 Å². The first kappa shape index (κ1) is 23.2. The number of halogens is 2. The Balaban J connectivity index is 0.00000280. The zero-order valence-electron chi connectivity index (χ0n) is 16.8. The number of anilines is 1. The zero-order valence-corrected chi connectivity index (χ0v) is 19.1. The summed E-state index contributed by atoms with van der Waals surface area (Å²) >= 11 is 0. The Bertz CT molecular complexity index is 604. The average molecular weight is 505 g/mol. The smallest absolute Gasteiger partial charge is 0.194 e. The third kappa shape index (κ3) is 6.73. The number of aliphatic imine (C=N–C) groups is 1. The van der Waals surface area contributed by atoms with Gasteiger partial charge in [-0.2, -0.15) is 0 Å². The van der Waals surface area contributed by atoms with Crippen LogP contribution < -0.4 is 10.2 Å². The fourth-order valence-electron chi connectivity index (χ4n) is 3.60. The number of benzene rings is 1. The van der Waals surface area contributed by atoms with Crippen LogP contribution in [0.5, 0.6) is 0 Å². The number of nitrogens with one attached hydrogen (secondary N) is 1. The van der Waals surface area contributed by atoms with Gasteiger partial charge in [0, 0.05) is 58.9 Å². The van der Waals surface area contributed by atoms with Crippen molar-refractivity contribution in [2.45, 2.75) is 13.3 Å². The highest BCUT2D eigenvalue weighted by molar-refractivity contribution is 14.0. The van der Waals surface area contributed by atoms with Crippen molar-refractivity contribution in [1.82, 2.24) is 15.1 Å². The summed E-state index contributed by atoms with van der Waals surface area (Å²) in [6, 6.07) is 7.02. The van der Waals surface area contributed by atoms with Gasteiger partial charge >= 0.3 is 0 Å². The Kier molecular flexibility index (Phi) is 10.3. The van der Waals surface area contributed by atoms with Gasteiger partial charge in [0.1, 0.15) is 5.82 Å². The molecule has 8 heteroatoms. The van der Waals surface area contributed by atoms with Crippen LogP contribution in [0.4, 0.5) is 10.1 Å². The highest BCUT2D eigenvalue weighted by Gasteiger charge is 2.21. The Morgan fingerprint density at radius 1 is 1.11 bits per heavy atom. The molecule has 1 aromatic carbocycles. The number of guanidine groups is 1. The molecule has 28 heavy (non-hydrogen) atoms. The first-order valence-corrected chi connectivity index (χ1v) is 10.1. The van der Waals surface area contributed by atoms with E-state index in [4.69, 9.17) is 9.73 Å². The SMILES string of the molecule is CCNC(=NCCCN1CCOCC1)N1CCN(c2ccccc2F)CC1.I. The van der Waals surface area contributed by atoms with Crippen LogP contribution in [-0.2, 0) is 4.74 Å². The van der Waals surface area contributed by atoms with Crippen LogP contribution in [-0.4, -0.2) is 87.9 Å². The highest BCUT2D eigenvalue weighted by Crippen LogP contribution is 2.20. The van der Waals surface area contributed by atoms with Gasteiger partial charge in [-0.05, 0) is 25.5 Å². The van der Waals surface area contributed by atoms with Crippen LogP contribution in [0.15, 0.2) is 29.3 Å². The molecule has 1 N–H and O–H groups in total. The second kappa shape index (κ2) is 12.4. The van der Waals surface area contributed by atoms with Crippen LogP contribution in [0, 0.1) is 5.82 Å². The van der Waals surface area contributed by atoms with E-state index in [1.807, 2.05) is 12.1 Å². The van der Waals surface area contributed by atoms with Gasteiger partial charge in [-0.15, -0.1) is 24.0 Å². The summed E-state index contributed by atoms with van der Waals surface area (Å²) in [6.07, 6.45) is 1.06. The van der Waals surface area contributed by atoms with E-state index in [1.54, 1.807) is 6.07 Å². The molecule has 1 aromatic rings. The minimum Gasteiger partial charge on any atom is -0.379 e. The molecule has 158 valence electrons. The number of hydrogen-bond donors (Lipinski definition) is 1. The van der Waals surface area contributed by atoms with E-state index < -0.39 is 0 Å². The van der Waals surface area contributed by atoms with Crippen molar-refractivity contribution in [3.05, 3.63) is 30.1 Å². The van der Waals surface area contributed by atoms with Crippen LogP contribution in [0.25, 0.3) is 0 Å². The number of piperazine rings is 1. The summed E-state index contributed by atoms with van der Waals surface area (Å²) in [6.45, 7) is 11.9. The van der Waals surface area contributed by atoms with Gasteiger partial charge in [0.05, 0.1) is 18.9 Å². The van der Waals surface area contributed by atoms with Crippen molar-refractivity contribution >= 4 is 35.6 Å². The van der Waals surface area contributed by atoms with Crippen LogP contribution >= 0.6 is 24.0 Å². The Labute approximate surface area is 185 Å². The lowest BCUT2D eigenvalue weighted by Gasteiger charge is -2.37. The molecule has 2 aliphatic rings. The summed E-state index contributed by atoms with van der Waals surface area (Å²) in [5, 5.41) is 3.41. The fraction of sp³-hybridized carbons (Fsp3) is 0.650.